The number of hydrogen-bond donors (Lipinski definition) is 2. The zero-order valence-corrected chi connectivity index (χ0v) is 21.2. The van der Waals surface area contributed by atoms with Gasteiger partial charge >= 0.3 is 5.97 Å². The van der Waals surface area contributed by atoms with E-state index in [9.17, 15) is 4.79 Å². The van der Waals surface area contributed by atoms with Crippen molar-refractivity contribution >= 4 is 17.3 Å². The summed E-state index contributed by atoms with van der Waals surface area (Å²) in [6.45, 7) is 15.8. The Bertz CT molecular complexity index is 998. The molecule has 0 bridgehead atoms. The molecule has 5 heteroatoms. The summed E-state index contributed by atoms with van der Waals surface area (Å²) < 4.78 is 12.1. The van der Waals surface area contributed by atoms with E-state index in [1.807, 2.05) is 85.8 Å². The Kier molecular flexibility index (Phi) is 10.5. The third kappa shape index (κ3) is 4.98. The molecule has 5 nitrogen and oxygen atoms in total. The maximum absolute atomic E-state index is 12.8. The molecule has 0 aliphatic carbocycles. The summed E-state index contributed by atoms with van der Waals surface area (Å²) in [5.74, 6) is 0.711. The summed E-state index contributed by atoms with van der Waals surface area (Å²) in [5, 5.41) is 0. The number of rotatable bonds is 2. The first-order valence-electron chi connectivity index (χ1n) is 11.7. The number of allylic oxidation sites excluding steroid dienone is 2. The second-order valence-electron chi connectivity index (χ2n) is 6.51. The van der Waals surface area contributed by atoms with Gasteiger partial charge in [-0.3, -0.25) is 0 Å². The van der Waals surface area contributed by atoms with Crippen molar-refractivity contribution in [3.8, 4) is 11.5 Å². The lowest BCUT2D eigenvalue weighted by Gasteiger charge is -2.37. The summed E-state index contributed by atoms with van der Waals surface area (Å²) >= 11 is 0. The van der Waals surface area contributed by atoms with Crippen molar-refractivity contribution < 1.29 is 14.3 Å². The van der Waals surface area contributed by atoms with Crippen LogP contribution in [0, 0.1) is 0 Å². The SMILES string of the molecule is C/C=C\C1=C(/C=C\C)C2(OC1=O)c1ccc(N)cc1Oc1cc(N)ccc12.CC.CC.CC. The van der Waals surface area contributed by atoms with Gasteiger partial charge in [-0.2, -0.15) is 0 Å². The van der Waals surface area contributed by atoms with Crippen LogP contribution in [0.4, 0.5) is 11.4 Å². The second-order valence-corrected chi connectivity index (χ2v) is 6.51. The van der Waals surface area contributed by atoms with E-state index in [1.165, 1.54) is 0 Å². The summed E-state index contributed by atoms with van der Waals surface area (Å²) in [7, 11) is 0. The maximum atomic E-state index is 12.8. The molecule has 0 amide bonds. The van der Waals surface area contributed by atoms with Crippen LogP contribution in [0.15, 0.2) is 71.8 Å². The fraction of sp³-hybridized carbons (Fsp3) is 0.321. The molecule has 33 heavy (non-hydrogen) atoms. The largest absolute Gasteiger partial charge is 0.456 e. The number of nitrogens with two attached hydrogens (primary N) is 2. The molecule has 0 fully saturated rings. The summed E-state index contributed by atoms with van der Waals surface area (Å²) in [5.41, 5.74) is 14.7. The van der Waals surface area contributed by atoms with Crippen molar-refractivity contribution in [3.05, 3.63) is 83.0 Å². The lowest BCUT2D eigenvalue weighted by molar-refractivity contribution is -0.144. The van der Waals surface area contributed by atoms with Gasteiger partial charge in [0.25, 0.3) is 0 Å². The third-order valence-electron chi connectivity index (χ3n) is 4.79. The van der Waals surface area contributed by atoms with Gasteiger partial charge in [-0.05, 0) is 38.1 Å². The minimum Gasteiger partial charge on any atom is -0.456 e. The van der Waals surface area contributed by atoms with E-state index >= 15 is 0 Å². The number of benzene rings is 2. The first kappa shape index (κ1) is 27.6. The molecule has 0 atom stereocenters. The van der Waals surface area contributed by atoms with Crippen LogP contribution < -0.4 is 16.2 Å². The van der Waals surface area contributed by atoms with Crippen molar-refractivity contribution in [2.24, 2.45) is 0 Å². The molecule has 1 spiro atoms. The quantitative estimate of drug-likeness (QED) is 0.371. The molecule has 4 rings (SSSR count). The van der Waals surface area contributed by atoms with E-state index in [2.05, 4.69) is 0 Å². The van der Waals surface area contributed by atoms with Crippen molar-refractivity contribution in [3.63, 3.8) is 0 Å². The Morgan fingerprint density at radius 3 is 1.64 bits per heavy atom. The van der Waals surface area contributed by atoms with Crippen LogP contribution >= 0.6 is 0 Å². The zero-order chi connectivity index (χ0) is 25.2. The van der Waals surface area contributed by atoms with Crippen molar-refractivity contribution in [2.45, 2.75) is 61.0 Å². The van der Waals surface area contributed by atoms with Gasteiger partial charge in [-0.15, -0.1) is 0 Å². The number of fused-ring (bicyclic) bond motifs is 4. The molecule has 0 aromatic heterocycles. The molecule has 4 N–H and O–H groups in total. The number of anilines is 2. The normalized spacial score (nSPS) is 14.7. The predicted octanol–water partition coefficient (Wildman–Crippen LogP) is 7.28. The van der Waals surface area contributed by atoms with Crippen LogP contribution in [0.25, 0.3) is 0 Å². The average molecular weight is 451 g/mol. The molecule has 2 aromatic rings. The lowest BCUT2D eigenvalue weighted by Crippen LogP contribution is -2.34. The monoisotopic (exact) mass is 450 g/mol. The Morgan fingerprint density at radius 2 is 1.21 bits per heavy atom. The maximum Gasteiger partial charge on any atom is 0.340 e. The molecule has 0 saturated heterocycles. The molecule has 2 aliphatic rings. The summed E-state index contributed by atoms with van der Waals surface area (Å²) in [4.78, 5) is 12.8. The van der Waals surface area contributed by atoms with E-state index in [-0.39, 0.29) is 5.97 Å². The highest BCUT2D eigenvalue weighted by molar-refractivity contribution is 5.98. The Labute approximate surface area is 198 Å². The molecule has 178 valence electrons. The summed E-state index contributed by atoms with van der Waals surface area (Å²) in [6, 6.07) is 10.7. The van der Waals surface area contributed by atoms with Crippen LogP contribution in [-0.4, -0.2) is 5.97 Å². The molecule has 2 aromatic carbocycles. The minimum absolute atomic E-state index is 0.381. The molecule has 2 aliphatic heterocycles. The first-order valence-corrected chi connectivity index (χ1v) is 11.7. The first-order chi connectivity index (χ1) is 16.0. The minimum atomic E-state index is -1.11. The highest BCUT2D eigenvalue weighted by Crippen LogP contribution is 2.57. The number of ether oxygens (including phenoxy) is 2. The van der Waals surface area contributed by atoms with Crippen LogP contribution in [0.1, 0.15) is 66.5 Å². The Hall–Kier alpha value is -3.47. The number of nitrogen functional groups attached to an aromatic ring is 2. The standard InChI is InChI=1S/C22H20N2O3.3C2H6/c1-3-5-15-16(6-4-2)22(27-21(15)25)17-9-7-13(23)11-19(17)26-20-12-14(24)8-10-18(20)22;3*1-2/h3-12H,23-24H2,1-2H3;3*1-2H3/b5-3-,6-4-;;;. The molecule has 0 unspecified atom stereocenters. The number of hydrogen-bond acceptors (Lipinski definition) is 5. The van der Waals surface area contributed by atoms with Crippen LogP contribution in [0.5, 0.6) is 11.5 Å². The van der Waals surface area contributed by atoms with Crippen molar-refractivity contribution in [1.82, 2.24) is 0 Å². The van der Waals surface area contributed by atoms with E-state index in [1.54, 1.807) is 30.3 Å². The van der Waals surface area contributed by atoms with E-state index in [0.717, 1.165) is 16.7 Å². The number of esters is 1. The van der Waals surface area contributed by atoms with Gasteiger partial charge in [-0.1, -0.05) is 65.8 Å². The molecular formula is C28H38N2O3. The van der Waals surface area contributed by atoms with Gasteiger partial charge in [0.1, 0.15) is 11.5 Å². The average Bonchev–Trinajstić information content (AvgIpc) is 3.10. The van der Waals surface area contributed by atoms with Gasteiger partial charge in [0, 0.05) is 40.2 Å². The highest BCUT2D eigenvalue weighted by Gasteiger charge is 2.53. The van der Waals surface area contributed by atoms with Crippen LogP contribution in [0.2, 0.25) is 0 Å². The van der Waals surface area contributed by atoms with Gasteiger partial charge in [0.05, 0.1) is 5.57 Å². The molecule has 2 heterocycles. The van der Waals surface area contributed by atoms with Gasteiger partial charge < -0.3 is 20.9 Å². The zero-order valence-electron chi connectivity index (χ0n) is 21.2. The number of carbonyl (C=O) groups is 1. The predicted molar refractivity (Wildman–Crippen MR) is 139 cm³/mol. The Balaban J connectivity index is 0.000000841. The lowest BCUT2D eigenvalue weighted by atomic mass is 9.76. The second kappa shape index (κ2) is 12.5. The molecule has 0 radical (unpaired) electrons. The Morgan fingerprint density at radius 1 is 0.758 bits per heavy atom. The van der Waals surface area contributed by atoms with Crippen molar-refractivity contribution in [2.75, 3.05) is 11.5 Å². The molecule has 0 saturated carbocycles. The number of carbonyl (C=O) groups excluding carboxylic acids is 1. The van der Waals surface area contributed by atoms with E-state index < -0.39 is 5.60 Å². The third-order valence-corrected chi connectivity index (χ3v) is 4.79. The van der Waals surface area contributed by atoms with Gasteiger partial charge in [-0.25, -0.2) is 4.79 Å². The fourth-order valence-electron chi connectivity index (χ4n) is 3.74. The molecular weight excluding hydrogens is 412 g/mol. The van der Waals surface area contributed by atoms with Crippen LogP contribution in [-0.2, 0) is 15.1 Å². The van der Waals surface area contributed by atoms with Gasteiger partial charge in [0.15, 0.2) is 5.60 Å². The van der Waals surface area contributed by atoms with Crippen LogP contribution in [0.3, 0.4) is 0 Å². The summed E-state index contributed by atoms with van der Waals surface area (Å²) in [6.07, 6.45) is 7.40. The van der Waals surface area contributed by atoms with Crippen molar-refractivity contribution in [1.29, 1.82) is 0 Å². The van der Waals surface area contributed by atoms with E-state index in [0.29, 0.717) is 28.4 Å². The smallest absolute Gasteiger partial charge is 0.340 e. The van der Waals surface area contributed by atoms with E-state index in [4.69, 9.17) is 20.9 Å². The topological polar surface area (TPSA) is 87.6 Å². The fourth-order valence-corrected chi connectivity index (χ4v) is 3.74. The van der Waals surface area contributed by atoms with Gasteiger partial charge in [0.2, 0.25) is 0 Å². The highest BCUT2D eigenvalue weighted by atomic mass is 16.6.